The summed E-state index contributed by atoms with van der Waals surface area (Å²) < 4.78 is 28.2. The van der Waals surface area contributed by atoms with Gasteiger partial charge in [-0.3, -0.25) is 0 Å². The number of hydrogen-bond donors (Lipinski definition) is 1. The van der Waals surface area contributed by atoms with Crippen LogP contribution < -0.4 is 4.90 Å². The van der Waals surface area contributed by atoms with Crippen molar-refractivity contribution >= 4 is 27.1 Å². The molecule has 3 heterocycles. The Balaban J connectivity index is 1.29. The summed E-state index contributed by atoms with van der Waals surface area (Å²) in [4.78, 5) is 13.7. The molecule has 5 rings (SSSR count). The fourth-order valence-corrected chi connectivity index (χ4v) is 6.03. The molecule has 1 N–H and O–H groups in total. The van der Waals surface area contributed by atoms with Crippen molar-refractivity contribution in [3.05, 3.63) is 18.6 Å². The van der Waals surface area contributed by atoms with E-state index >= 15 is 0 Å². The highest BCUT2D eigenvalue weighted by molar-refractivity contribution is 7.86. The van der Waals surface area contributed by atoms with Crippen molar-refractivity contribution in [3.63, 3.8) is 0 Å². The summed E-state index contributed by atoms with van der Waals surface area (Å²) in [6.07, 6.45) is 7.62. The molecule has 0 bridgehead atoms. The van der Waals surface area contributed by atoms with E-state index in [4.69, 9.17) is 0 Å². The maximum absolute atomic E-state index is 12.8. The Morgan fingerprint density at radius 2 is 1.96 bits per heavy atom. The van der Waals surface area contributed by atoms with E-state index in [-0.39, 0.29) is 12.1 Å². The van der Waals surface area contributed by atoms with E-state index < -0.39 is 10.2 Å². The van der Waals surface area contributed by atoms with Crippen LogP contribution in [0.3, 0.4) is 0 Å². The molecule has 2 atom stereocenters. The van der Waals surface area contributed by atoms with Gasteiger partial charge in [0.15, 0.2) is 6.19 Å². The minimum Gasteiger partial charge on any atom is -0.356 e. The summed E-state index contributed by atoms with van der Waals surface area (Å²) in [5.74, 6) is 1.82. The summed E-state index contributed by atoms with van der Waals surface area (Å²) in [6.45, 7) is 1.13. The van der Waals surface area contributed by atoms with E-state index in [1.807, 2.05) is 25.5 Å². The van der Waals surface area contributed by atoms with E-state index in [2.05, 4.69) is 19.9 Å². The Hall–Kier alpha value is -2.38. The molecule has 0 aromatic carbocycles. The first-order valence-electron chi connectivity index (χ1n) is 9.19. The van der Waals surface area contributed by atoms with Crippen LogP contribution in [-0.2, 0) is 10.2 Å². The summed E-state index contributed by atoms with van der Waals surface area (Å²) in [5.41, 5.74) is 0.775. The van der Waals surface area contributed by atoms with Crippen LogP contribution in [0.2, 0.25) is 0 Å². The molecule has 3 aliphatic rings. The van der Waals surface area contributed by atoms with Crippen LogP contribution in [0.15, 0.2) is 18.6 Å². The molecule has 1 saturated heterocycles. The van der Waals surface area contributed by atoms with Gasteiger partial charge in [0.2, 0.25) is 0 Å². The molecular formula is C17H21N7O2S. The number of aromatic amines is 1. The van der Waals surface area contributed by atoms with Crippen molar-refractivity contribution in [1.82, 2.24) is 23.6 Å². The first kappa shape index (κ1) is 16.8. The third-order valence-electron chi connectivity index (χ3n) is 6.25. The Labute approximate surface area is 157 Å². The average Bonchev–Trinajstić information content (AvgIpc) is 3.03. The maximum Gasteiger partial charge on any atom is 0.312 e. The van der Waals surface area contributed by atoms with E-state index in [0.29, 0.717) is 37.8 Å². The van der Waals surface area contributed by atoms with E-state index in [1.165, 1.54) is 10.6 Å². The average molecular weight is 387 g/mol. The number of aromatic nitrogens is 3. The van der Waals surface area contributed by atoms with Gasteiger partial charge in [0, 0.05) is 32.4 Å². The van der Waals surface area contributed by atoms with Crippen molar-refractivity contribution in [1.29, 1.82) is 5.26 Å². The second-order valence-corrected chi connectivity index (χ2v) is 9.61. The van der Waals surface area contributed by atoms with Gasteiger partial charge in [-0.1, -0.05) is 0 Å². The fraction of sp³-hybridized carbons (Fsp3) is 0.588. The molecule has 2 aliphatic carbocycles. The van der Waals surface area contributed by atoms with Gasteiger partial charge >= 0.3 is 10.2 Å². The number of nitriles is 1. The van der Waals surface area contributed by atoms with E-state index in [0.717, 1.165) is 27.6 Å². The zero-order valence-corrected chi connectivity index (χ0v) is 15.8. The molecule has 2 aromatic rings. The van der Waals surface area contributed by atoms with Gasteiger partial charge in [-0.25, -0.2) is 9.97 Å². The van der Waals surface area contributed by atoms with Crippen LogP contribution >= 0.6 is 0 Å². The predicted octanol–water partition coefficient (Wildman–Crippen LogP) is 0.905. The molecule has 0 unspecified atom stereocenters. The standard InChI is InChI=1S/C17H21N7O2S/c1-22(17-15-2-3-19-16(15)20-10-21-17)13-5-14(6-13)24(9-18)27(25,26)23-7-11-4-12(11)8-23/h2-3,10-14H,4-8H2,1H3,(H,19,20,21)/t11-,12+,13?,14?. The van der Waals surface area contributed by atoms with Gasteiger partial charge in [-0.2, -0.15) is 22.3 Å². The Morgan fingerprint density at radius 1 is 1.22 bits per heavy atom. The van der Waals surface area contributed by atoms with Gasteiger partial charge in [0.1, 0.15) is 17.8 Å². The molecule has 10 heteroatoms. The first-order chi connectivity index (χ1) is 13.0. The quantitative estimate of drug-likeness (QED) is 0.603. The number of H-pyrrole nitrogens is 1. The second kappa shape index (κ2) is 5.81. The van der Waals surface area contributed by atoms with Gasteiger partial charge in [0.05, 0.1) is 11.4 Å². The number of hydrogen-bond acceptors (Lipinski definition) is 6. The van der Waals surface area contributed by atoms with Gasteiger partial charge in [-0.15, -0.1) is 0 Å². The smallest absolute Gasteiger partial charge is 0.312 e. The number of fused-ring (bicyclic) bond motifs is 2. The second-order valence-electron chi connectivity index (χ2n) is 7.80. The van der Waals surface area contributed by atoms with Crippen LogP contribution in [0.5, 0.6) is 0 Å². The van der Waals surface area contributed by atoms with Gasteiger partial charge < -0.3 is 9.88 Å². The molecule has 9 nitrogen and oxygen atoms in total. The third kappa shape index (κ3) is 2.56. The monoisotopic (exact) mass is 387 g/mol. The molecule has 0 radical (unpaired) electrons. The third-order valence-corrected chi connectivity index (χ3v) is 8.08. The summed E-state index contributed by atoms with van der Waals surface area (Å²) in [7, 11) is -1.74. The lowest BCUT2D eigenvalue weighted by atomic mass is 9.85. The normalized spacial score (nSPS) is 29.8. The van der Waals surface area contributed by atoms with Gasteiger partial charge in [0.25, 0.3) is 0 Å². The van der Waals surface area contributed by atoms with Crippen LogP contribution in [0.1, 0.15) is 19.3 Å². The Morgan fingerprint density at radius 3 is 2.67 bits per heavy atom. The highest BCUT2D eigenvalue weighted by Crippen LogP contribution is 2.46. The largest absolute Gasteiger partial charge is 0.356 e. The van der Waals surface area contributed by atoms with Crippen molar-refractivity contribution in [2.45, 2.75) is 31.3 Å². The lowest BCUT2D eigenvalue weighted by molar-refractivity contribution is 0.223. The van der Waals surface area contributed by atoms with Crippen LogP contribution in [0, 0.1) is 23.3 Å². The fourth-order valence-electron chi connectivity index (χ4n) is 4.37. The minimum absolute atomic E-state index is 0.140. The molecule has 2 aromatic heterocycles. The Bertz CT molecular complexity index is 1010. The minimum atomic E-state index is -3.70. The maximum atomic E-state index is 12.8. The topological polar surface area (TPSA) is 109 Å². The Kier molecular flexibility index (Phi) is 3.61. The molecule has 1 aliphatic heterocycles. The summed E-state index contributed by atoms with van der Waals surface area (Å²) in [5, 5.41) is 10.5. The van der Waals surface area contributed by atoms with Crippen molar-refractivity contribution < 1.29 is 8.42 Å². The number of rotatable bonds is 5. The zero-order chi connectivity index (χ0) is 18.8. The van der Waals surface area contributed by atoms with Crippen LogP contribution in [-0.4, -0.2) is 64.2 Å². The highest BCUT2D eigenvalue weighted by atomic mass is 32.2. The van der Waals surface area contributed by atoms with E-state index in [9.17, 15) is 13.7 Å². The molecule has 0 spiro atoms. The number of anilines is 1. The molecule has 3 fully saturated rings. The van der Waals surface area contributed by atoms with Crippen molar-refractivity contribution in [2.24, 2.45) is 11.8 Å². The lowest BCUT2D eigenvalue weighted by Crippen LogP contribution is -2.56. The number of piperidine rings is 1. The lowest BCUT2D eigenvalue weighted by Gasteiger charge is -2.44. The van der Waals surface area contributed by atoms with Crippen molar-refractivity contribution in [3.8, 4) is 6.19 Å². The molecule has 0 amide bonds. The number of nitrogens with one attached hydrogen (secondary N) is 1. The van der Waals surface area contributed by atoms with Gasteiger partial charge in [-0.05, 0) is 37.2 Å². The molecular weight excluding hydrogens is 366 g/mol. The van der Waals surface area contributed by atoms with Crippen LogP contribution in [0.25, 0.3) is 11.0 Å². The van der Waals surface area contributed by atoms with Crippen LogP contribution in [0.4, 0.5) is 5.82 Å². The summed E-state index contributed by atoms with van der Waals surface area (Å²) >= 11 is 0. The molecule has 142 valence electrons. The SMILES string of the molecule is CN(c1ncnc2[nH]ccc12)C1CC(N(C#N)S(=O)(=O)N2C[C@H]3C[C@H]3C2)C1. The molecule has 27 heavy (non-hydrogen) atoms. The zero-order valence-electron chi connectivity index (χ0n) is 15.0. The first-order valence-corrected chi connectivity index (χ1v) is 10.6. The van der Waals surface area contributed by atoms with Crippen molar-refractivity contribution in [2.75, 3.05) is 25.0 Å². The highest BCUT2D eigenvalue weighted by Gasteiger charge is 2.52. The van der Waals surface area contributed by atoms with E-state index in [1.54, 1.807) is 0 Å². The summed E-state index contributed by atoms with van der Waals surface area (Å²) in [6, 6.07) is 1.79. The number of nitrogens with zero attached hydrogens (tertiary/aromatic N) is 6. The predicted molar refractivity (Wildman–Crippen MR) is 98.6 cm³/mol. The molecule has 2 saturated carbocycles.